The first kappa shape index (κ1) is 34.5. The Balaban J connectivity index is 1.81. The van der Waals surface area contributed by atoms with E-state index in [1.165, 1.54) is 33.6 Å². The first-order valence-electron chi connectivity index (χ1n) is 16.0. The maximum absolute atomic E-state index is 4.78. The second-order valence-electron chi connectivity index (χ2n) is 13.0. The van der Waals surface area contributed by atoms with Gasteiger partial charge in [-0.05, 0) is 97.9 Å². The topological polar surface area (TPSA) is 61.7 Å². The molecule has 0 atom stereocenters. The lowest BCUT2D eigenvalue weighted by Gasteiger charge is -2.21. The van der Waals surface area contributed by atoms with E-state index in [2.05, 4.69) is 128 Å². The maximum Gasteiger partial charge on any atom is 0.154 e. The molecule has 44 heavy (non-hydrogen) atoms. The van der Waals surface area contributed by atoms with Crippen LogP contribution in [0.15, 0.2) is 88.1 Å². The minimum absolute atomic E-state index is 0.428. The second-order valence-corrected chi connectivity index (χ2v) is 13.0. The van der Waals surface area contributed by atoms with Crippen LogP contribution in [-0.4, -0.2) is 16.4 Å². The third kappa shape index (κ3) is 9.51. The van der Waals surface area contributed by atoms with Crippen molar-refractivity contribution in [1.29, 1.82) is 0 Å². The summed E-state index contributed by atoms with van der Waals surface area (Å²) >= 11 is 0. The molecular formula is C39H53N5. The summed E-state index contributed by atoms with van der Waals surface area (Å²) in [4.78, 5) is 14.3. The fraction of sp³-hybridized carbons (Fsp3) is 0.410. The van der Waals surface area contributed by atoms with Gasteiger partial charge in [0.15, 0.2) is 11.6 Å². The number of rotatable bonds is 12. The molecule has 5 nitrogen and oxygen atoms in total. The van der Waals surface area contributed by atoms with E-state index in [1.807, 2.05) is 32.0 Å². The molecule has 1 aromatic heterocycles. The highest BCUT2D eigenvalue weighted by Crippen LogP contribution is 2.34. The number of pyridine rings is 1. The first-order chi connectivity index (χ1) is 20.8. The predicted octanol–water partition coefficient (Wildman–Crippen LogP) is 11.8. The van der Waals surface area contributed by atoms with Gasteiger partial charge in [0, 0.05) is 34.2 Å². The molecule has 0 aliphatic carbocycles. The molecule has 0 aliphatic rings. The van der Waals surface area contributed by atoms with Crippen LogP contribution in [0.5, 0.6) is 0 Å². The Kier molecular flexibility index (Phi) is 12.3. The van der Waals surface area contributed by atoms with Crippen LogP contribution < -0.4 is 10.6 Å². The highest BCUT2D eigenvalue weighted by molar-refractivity contribution is 5.96. The summed E-state index contributed by atoms with van der Waals surface area (Å²) in [6, 6.07) is 19.0. The van der Waals surface area contributed by atoms with Crippen LogP contribution in [0.2, 0.25) is 0 Å². The third-order valence-corrected chi connectivity index (χ3v) is 7.54. The molecule has 0 amide bonds. The summed E-state index contributed by atoms with van der Waals surface area (Å²) in [5.74, 6) is 2.99. The van der Waals surface area contributed by atoms with E-state index < -0.39 is 0 Å². The maximum atomic E-state index is 4.78. The van der Waals surface area contributed by atoms with Gasteiger partial charge in [-0.1, -0.05) is 97.9 Å². The molecule has 234 valence electrons. The molecule has 1 heterocycles. The van der Waals surface area contributed by atoms with Crippen molar-refractivity contribution in [2.24, 2.45) is 9.98 Å². The van der Waals surface area contributed by atoms with Gasteiger partial charge in [0.2, 0.25) is 0 Å². The molecule has 5 heteroatoms. The van der Waals surface area contributed by atoms with Crippen LogP contribution in [-0.2, 0) is 0 Å². The molecule has 3 aromatic rings. The molecule has 3 rings (SSSR count). The Morgan fingerprint density at radius 2 is 0.818 bits per heavy atom. The van der Waals surface area contributed by atoms with Gasteiger partial charge in [0.05, 0.1) is 0 Å². The number of nitrogens with zero attached hydrogens (tertiary/aromatic N) is 3. The highest BCUT2D eigenvalue weighted by Gasteiger charge is 2.15. The van der Waals surface area contributed by atoms with E-state index in [4.69, 9.17) is 15.0 Å². The number of hydrogen-bond acceptors (Lipinski definition) is 5. The van der Waals surface area contributed by atoms with E-state index in [9.17, 15) is 0 Å². The number of para-hydroxylation sites is 2. The van der Waals surface area contributed by atoms with E-state index in [1.54, 1.807) is 0 Å². The monoisotopic (exact) mass is 591 g/mol. The fourth-order valence-corrected chi connectivity index (χ4v) is 5.45. The fourth-order valence-electron chi connectivity index (χ4n) is 5.45. The number of aromatic nitrogens is 1. The minimum atomic E-state index is 0.428. The van der Waals surface area contributed by atoms with Gasteiger partial charge in [-0.15, -0.1) is 0 Å². The zero-order chi connectivity index (χ0) is 32.6. The van der Waals surface area contributed by atoms with E-state index in [-0.39, 0.29) is 0 Å². The standard InChI is InChI=1S/C39H53N5/c1-24(2)32-16-13-17-33(25(3)4)38(32)42-30(11)22-28(9)40-36-20-15-21-37(44-36)41-29(10)23-31(12)43-39-34(26(5)6)18-14-19-35(39)27(7)8/h13-27,42-43H,1-12H3. The predicted molar refractivity (Wildman–Crippen MR) is 194 cm³/mol. The average Bonchev–Trinajstić information content (AvgIpc) is 2.92. The normalized spacial score (nSPS) is 13.5. The third-order valence-electron chi connectivity index (χ3n) is 7.54. The largest absolute Gasteiger partial charge is 0.359 e. The molecule has 0 bridgehead atoms. The van der Waals surface area contributed by atoms with Crippen LogP contribution in [0.4, 0.5) is 23.0 Å². The van der Waals surface area contributed by atoms with E-state index >= 15 is 0 Å². The van der Waals surface area contributed by atoms with Crippen LogP contribution in [0.3, 0.4) is 0 Å². The smallest absolute Gasteiger partial charge is 0.154 e. The zero-order valence-corrected chi connectivity index (χ0v) is 29.0. The molecule has 0 saturated carbocycles. The van der Waals surface area contributed by atoms with Crippen LogP contribution in [0.25, 0.3) is 0 Å². The van der Waals surface area contributed by atoms with Crippen LogP contribution in [0.1, 0.15) is 129 Å². The van der Waals surface area contributed by atoms with Gasteiger partial charge >= 0.3 is 0 Å². The number of hydrogen-bond donors (Lipinski definition) is 2. The van der Waals surface area contributed by atoms with Crippen molar-refractivity contribution in [3.05, 3.63) is 100 Å². The summed E-state index contributed by atoms with van der Waals surface area (Å²) < 4.78 is 0. The molecule has 0 spiro atoms. The molecule has 0 fully saturated rings. The van der Waals surface area contributed by atoms with Crippen LogP contribution in [0, 0.1) is 0 Å². The van der Waals surface area contributed by atoms with Gasteiger partial charge in [-0.25, -0.2) is 15.0 Å². The van der Waals surface area contributed by atoms with Gasteiger partial charge in [0.25, 0.3) is 0 Å². The van der Waals surface area contributed by atoms with Crippen molar-refractivity contribution in [1.82, 2.24) is 4.98 Å². The lowest BCUT2D eigenvalue weighted by molar-refractivity contribution is 0.837. The summed E-state index contributed by atoms with van der Waals surface area (Å²) in [6.07, 6.45) is 4.14. The molecule has 0 unspecified atom stereocenters. The highest BCUT2D eigenvalue weighted by atomic mass is 15.0. The Morgan fingerprint density at radius 3 is 1.11 bits per heavy atom. The Hall–Kier alpha value is -3.99. The van der Waals surface area contributed by atoms with Gasteiger partial charge in [-0.2, -0.15) is 0 Å². The summed E-state index contributed by atoms with van der Waals surface area (Å²) in [5, 5.41) is 7.35. The van der Waals surface area contributed by atoms with Crippen molar-refractivity contribution in [3.63, 3.8) is 0 Å². The van der Waals surface area contributed by atoms with Crippen molar-refractivity contribution < 1.29 is 0 Å². The summed E-state index contributed by atoms with van der Waals surface area (Å²) in [7, 11) is 0. The molecule has 0 saturated heterocycles. The molecular weight excluding hydrogens is 538 g/mol. The van der Waals surface area contributed by atoms with E-state index in [0.717, 1.165) is 22.8 Å². The second kappa shape index (κ2) is 15.7. The molecule has 2 aromatic carbocycles. The number of nitrogens with one attached hydrogen (secondary N) is 2. The number of benzene rings is 2. The lowest BCUT2D eigenvalue weighted by Crippen LogP contribution is -2.07. The van der Waals surface area contributed by atoms with Crippen molar-refractivity contribution in [3.8, 4) is 0 Å². The number of anilines is 2. The summed E-state index contributed by atoms with van der Waals surface area (Å²) in [5.41, 5.74) is 11.5. The number of allylic oxidation sites excluding steroid dienone is 4. The van der Waals surface area contributed by atoms with E-state index in [0.29, 0.717) is 35.3 Å². The van der Waals surface area contributed by atoms with Gasteiger partial charge in [-0.3, -0.25) is 0 Å². The zero-order valence-electron chi connectivity index (χ0n) is 29.0. The minimum Gasteiger partial charge on any atom is -0.359 e. The molecule has 2 N–H and O–H groups in total. The Labute approximate surface area is 266 Å². The van der Waals surface area contributed by atoms with Crippen molar-refractivity contribution in [2.75, 3.05) is 10.6 Å². The van der Waals surface area contributed by atoms with Crippen molar-refractivity contribution >= 4 is 34.4 Å². The SMILES string of the molecule is CC(=CC(C)=Nc1cccc(N=C(C)C=C(C)Nc2c(C(C)C)cccc2C(C)C)n1)Nc1c(C(C)C)cccc1C(C)C. The lowest BCUT2D eigenvalue weighted by atomic mass is 9.92. The van der Waals surface area contributed by atoms with Crippen LogP contribution >= 0.6 is 0 Å². The molecule has 0 aliphatic heterocycles. The Bertz CT molecular complexity index is 1390. The average molecular weight is 592 g/mol. The van der Waals surface area contributed by atoms with Crippen molar-refractivity contribution in [2.45, 2.75) is 107 Å². The molecule has 0 radical (unpaired) electrons. The summed E-state index contributed by atoms with van der Waals surface area (Å²) in [6.45, 7) is 26.1. The van der Waals surface area contributed by atoms with Gasteiger partial charge in [0.1, 0.15) is 0 Å². The first-order valence-corrected chi connectivity index (χ1v) is 16.0. The number of aliphatic imine (C=N–C) groups is 2. The quantitative estimate of drug-likeness (QED) is 0.206. The Morgan fingerprint density at radius 1 is 0.523 bits per heavy atom. The van der Waals surface area contributed by atoms with Gasteiger partial charge < -0.3 is 10.6 Å².